The number of hydrogen-bond acceptors (Lipinski definition) is 1. The molecule has 1 unspecified atom stereocenters. The van der Waals surface area contributed by atoms with Crippen molar-refractivity contribution in [1.29, 1.82) is 0 Å². The molecule has 0 saturated carbocycles. The van der Waals surface area contributed by atoms with Gasteiger partial charge in [0.1, 0.15) is 0 Å². The van der Waals surface area contributed by atoms with Crippen molar-refractivity contribution in [2.45, 2.75) is 12.8 Å². The second-order valence-corrected chi connectivity index (χ2v) is 4.32. The average molecular weight is 220 g/mol. The molecule has 0 radical (unpaired) electrons. The van der Waals surface area contributed by atoms with Crippen LogP contribution in [0.2, 0.25) is 5.02 Å². The molecule has 0 aliphatic rings. The number of halogens is 1. The van der Waals surface area contributed by atoms with Crippen LogP contribution in [0.4, 0.5) is 0 Å². The van der Waals surface area contributed by atoms with Crippen LogP contribution >= 0.6 is 11.6 Å². The van der Waals surface area contributed by atoms with Gasteiger partial charge in [0.15, 0.2) is 0 Å². The van der Waals surface area contributed by atoms with E-state index in [0.717, 1.165) is 5.02 Å². The van der Waals surface area contributed by atoms with Crippen molar-refractivity contribution in [1.82, 2.24) is 0 Å². The normalized spacial score (nSPS) is 13.0. The molecule has 0 heterocycles. The Labute approximate surface area is 94.9 Å². The summed E-state index contributed by atoms with van der Waals surface area (Å²) in [7, 11) is 0. The molecular formula is C13H14ClN. The second-order valence-electron chi connectivity index (χ2n) is 3.89. The molecule has 0 saturated heterocycles. The van der Waals surface area contributed by atoms with Crippen molar-refractivity contribution in [3.8, 4) is 0 Å². The first-order valence-corrected chi connectivity index (χ1v) is 5.48. The molecule has 2 aromatic rings. The van der Waals surface area contributed by atoms with Crippen molar-refractivity contribution in [3.63, 3.8) is 0 Å². The minimum atomic E-state index is 0.397. The van der Waals surface area contributed by atoms with Crippen LogP contribution in [-0.4, -0.2) is 6.54 Å². The number of fused-ring (bicyclic) bond motifs is 1. The van der Waals surface area contributed by atoms with Gasteiger partial charge >= 0.3 is 0 Å². The molecule has 0 fully saturated rings. The van der Waals surface area contributed by atoms with Gasteiger partial charge in [0, 0.05) is 5.02 Å². The molecule has 0 aliphatic carbocycles. The minimum absolute atomic E-state index is 0.397. The topological polar surface area (TPSA) is 26.0 Å². The predicted octanol–water partition coefficient (Wildman–Crippen LogP) is 3.56. The molecule has 1 atom stereocenters. The fourth-order valence-electron chi connectivity index (χ4n) is 1.68. The summed E-state index contributed by atoms with van der Waals surface area (Å²) in [4.78, 5) is 0. The largest absolute Gasteiger partial charge is 0.330 e. The average Bonchev–Trinajstić information content (AvgIpc) is 2.27. The second kappa shape index (κ2) is 4.21. The van der Waals surface area contributed by atoms with Crippen molar-refractivity contribution >= 4 is 22.4 Å². The number of rotatable bonds is 2. The van der Waals surface area contributed by atoms with Gasteiger partial charge in [-0.15, -0.1) is 0 Å². The Kier molecular flexibility index (Phi) is 2.94. The summed E-state index contributed by atoms with van der Waals surface area (Å²) >= 11 is 5.96. The van der Waals surface area contributed by atoms with E-state index in [1.54, 1.807) is 0 Å². The van der Waals surface area contributed by atoms with E-state index in [1.165, 1.54) is 16.3 Å². The lowest BCUT2D eigenvalue weighted by atomic mass is 9.98. The van der Waals surface area contributed by atoms with E-state index in [9.17, 15) is 0 Å². The van der Waals surface area contributed by atoms with E-state index >= 15 is 0 Å². The van der Waals surface area contributed by atoms with Gasteiger partial charge in [-0.2, -0.15) is 0 Å². The molecule has 0 amide bonds. The highest BCUT2D eigenvalue weighted by Gasteiger charge is 2.03. The van der Waals surface area contributed by atoms with Crippen LogP contribution in [0.25, 0.3) is 10.8 Å². The number of hydrogen-bond donors (Lipinski definition) is 1. The zero-order chi connectivity index (χ0) is 10.8. The van der Waals surface area contributed by atoms with Crippen LogP contribution in [0, 0.1) is 0 Å². The van der Waals surface area contributed by atoms with Crippen LogP contribution in [-0.2, 0) is 0 Å². The van der Waals surface area contributed by atoms with E-state index < -0.39 is 0 Å². The summed E-state index contributed by atoms with van der Waals surface area (Å²) in [5.41, 5.74) is 6.92. The van der Waals surface area contributed by atoms with Gasteiger partial charge in [-0.1, -0.05) is 42.8 Å². The smallest absolute Gasteiger partial charge is 0.0412 e. The quantitative estimate of drug-likeness (QED) is 0.821. The highest BCUT2D eigenvalue weighted by atomic mass is 35.5. The van der Waals surface area contributed by atoms with E-state index in [1.807, 2.05) is 18.2 Å². The molecular weight excluding hydrogens is 206 g/mol. The fourth-order valence-corrected chi connectivity index (χ4v) is 1.86. The Bertz CT molecular complexity index is 479. The molecule has 0 bridgehead atoms. The maximum atomic E-state index is 5.96. The van der Waals surface area contributed by atoms with Crippen molar-refractivity contribution in [2.75, 3.05) is 6.54 Å². The van der Waals surface area contributed by atoms with E-state index in [0.29, 0.717) is 12.5 Å². The Morgan fingerprint density at radius 1 is 1.13 bits per heavy atom. The maximum absolute atomic E-state index is 5.96. The molecule has 0 aliphatic heterocycles. The van der Waals surface area contributed by atoms with Gasteiger partial charge in [-0.3, -0.25) is 0 Å². The lowest BCUT2D eigenvalue weighted by Gasteiger charge is -2.09. The zero-order valence-electron chi connectivity index (χ0n) is 8.70. The summed E-state index contributed by atoms with van der Waals surface area (Å²) in [5.74, 6) is 0.397. The summed E-state index contributed by atoms with van der Waals surface area (Å²) in [6.45, 7) is 2.80. The summed E-state index contributed by atoms with van der Waals surface area (Å²) in [5, 5.41) is 3.17. The Morgan fingerprint density at radius 2 is 1.87 bits per heavy atom. The molecule has 2 aromatic carbocycles. The first kappa shape index (κ1) is 10.5. The SMILES string of the molecule is CC(CN)c1ccc2ccc(Cl)cc2c1. The van der Waals surface area contributed by atoms with E-state index in [-0.39, 0.29) is 0 Å². The van der Waals surface area contributed by atoms with Crippen LogP contribution < -0.4 is 5.73 Å². The minimum Gasteiger partial charge on any atom is -0.330 e. The zero-order valence-corrected chi connectivity index (χ0v) is 9.46. The third kappa shape index (κ3) is 2.14. The molecule has 0 aromatic heterocycles. The predicted molar refractivity (Wildman–Crippen MR) is 66.4 cm³/mol. The Hall–Kier alpha value is -1.05. The monoisotopic (exact) mass is 219 g/mol. The standard InChI is InChI=1S/C13H14ClN/c1-9(8-15)11-3-2-10-4-5-13(14)7-12(10)6-11/h2-7,9H,8,15H2,1H3. The van der Waals surface area contributed by atoms with E-state index in [4.69, 9.17) is 17.3 Å². The third-order valence-electron chi connectivity index (χ3n) is 2.75. The molecule has 0 spiro atoms. The first-order valence-electron chi connectivity index (χ1n) is 5.10. The molecule has 2 rings (SSSR count). The van der Waals surface area contributed by atoms with Gasteiger partial charge in [-0.25, -0.2) is 0 Å². The van der Waals surface area contributed by atoms with E-state index in [2.05, 4.69) is 25.1 Å². The van der Waals surface area contributed by atoms with Gasteiger partial charge in [0.05, 0.1) is 0 Å². The van der Waals surface area contributed by atoms with Gasteiger partial charge < -0.3 is 5.73 Å². The van der Waals surface area contributed by atoms with Crippen LogP contribution in [0.5, 0.6) is 0 Å². The first-order chi connectivity index (χ1) is 7.20. The van der Waals surface area contributed by atoms with Gasteiger partial charge in [0.25, 0.3) is 0 Å². The Balaban J connectivity index is 2.54. The molecule has 1 nitrogen and oxygen atoms in total. The van der Waals surface area contributed by atoms with Crippen LogP contribution in [0.3, 0.4) is 0 Å². The highest BCUT2D eigenvalue weighted by molar-refractivity contribution is 6.31. The number of benzene rings is 2. The summed E-state index contributed by atoms with van der Waals surface area (Å²) in [6.07, 6.45) is 0. The highest BCUT2D eigenvalue weighted by Crippen LogP contribution is 2.23. The molecule has 2 N–H and O–H groups in total. The maximum Gasteiger partial charge on any atom is 0.0412 e. The van der Waals surface area contributed by atoms with Crippen molar-refractivity contribution < 1.29 is 0 Å². The third-order valence-corrected chi connectivity index (χ3v) is 2.98. The van der Waals surface area contributed by atoms with Crippen LogP contribution in [0.1, 0.15) is 18.4 Å². The van der Waals surface area contributed by atoms with Crippen LogP contribution in [0.15, 0.2) is 36.4 Å². The molecule has 15 heavy (non-hydrogen) atoms. The van der Waals surface area contributed by atoms with Crippen molar-refractivity contribution in [3.05, 3.63) is 47.0 Å². The summed E-state index contributed by atoms with van der Waals surface area (Å²) < 4.78 is 0. The Morgan fingerprint density at radius 3 is 2.60 bits per heavy atom. The molecule has 2 heteroatoms. The number of nitrogens with two attached hydrogens (primary N) is 1. The fraction of sp³-hybridized carbons (Fsp3) is 0.231. The lowest BCUT2D eigenvalue weighted by Crippen LogP contribution is -2.08. The summed E-state index contributed by atoms with van der Waals surface area (Å²) in [6, 6.07) is 12.4. The van der Waals surface area contributed by atoms with Crippen molar-refractivity contribution in [2.24, 2.45) is 5.73 Å². The molecule has 78 valence electrons. The lowest BCUT2D eigenvalue weighted by molar-refractivity contribution is 0.775. The van der Waals surface area contributed by atoms with Gasteiger partial charge in [0.2, 0.25) is 0 Å². The van der Waals surface area contributed by atoms with Gasteiger partial charge in [-0.05, 0) is 40.9 Å².